The van der Waals surface area contributed by atoms with E-state index in [0.29, 0.717) is 30.0 Å². The van der Waals surface area contributed by atoms with Gasteiger partial charge in [-0.25, -0.2) is 9.97 Å². The van der Waals surface area contributed by atoms with E-state index in [1.54, 1.807) is 13.3 Å². The molecule has 0 bridgehead atoms. The lowest BCUT2D eigenvalue weighted by molar-refractivity contribution is 0.112. The van der Waals surface area contributed by atoms with E-state index in [9.17, 15) is 4.79 Å². The number of rotatable bonds is 2. The van der Waals surface area contributed by atoms with Crippen LogP contribution in [0.2, 0.25) is 5.15 Å². The average Bonchev–Trinajstić information content (AvgIpc) is 2.85. The first-order valence-corrected chi connectivity index (χ1v) is 6.18. The molecule has 0 aliphatic carbocycles. The minimum absolute atomic E-state index is 0.185. The quantitative estimate of drug-likeness (QED) is 0.599. The summed E-state index contributed by atoms with van der Waals surface area (Å²) in [6, 6.07) is 0. The highest BCUT2D eigenvalue weighted by Crippen LogP contribution is 2.25. The average molecular weight is 279 g/mol. The maximum Gasteiger partial charge on any atom is 0.156 e. The number of aldehydes is 1. The van der Waals surface area contributed by atoms with Crippen LogP contribution < -0.4 is 4.90 Å². The van der Waals surface area contributed by atoms with Gasteiger partial charge in [0.1, 0.15) is 23.1 Å². The van der Waals surface area contributed by atoms with Crippen LogP contribution in [0.4, 0.5) is 5.82 Å². The van der Waals surface area contributed by atoms with Crippen molar-refractivity contribution in [2.45, 2.75) is 20.0 Å². The molecule has 0 radical (unpaired) electrons. The van der Waals surface area contributed by atoms with E-state index in [-0.39, 0.29) is 5.15 Å². The van der Waals surface area contributed by atoms with Crippen molar-refractivity contribution in [1.29, 1.82) is 0 Å². The Morgan fingerprint density at radius 2 is 2.21 bits per heavy atom. The zero-order valence-electron chi connectivity index (χ0n) is 10.2. The summed E-state index contributed by atoms with van der Waals surface area (Å²) in [5.74, 6) is 1.94. The Morgan fingerprint density at radius 1 is 1.37 bits per heavy atom. The van der Waals surface area contributed by atoms with Crippen LogP contribution in [0.5, 0.6) is 0 Å². The van der Waals surface area contributed by atoms with Gasteiger partial charge in [-0.3, -0.25) is 4.79 Å². The lowest BCUT2D eigenvalue weighted by Gasteiger charge is -2.29. The summed E-state index contributed by atoms with van der Waals surface area (Å²) in [7, 11) is 0. The van der Waals surface area contributed by atoms with Gasteiger partial charge in [0.15, 0.2) is 12.1 Å². The molecule has 0 saturated heterocycles. The van der Waals surface area contributed by atoms with Crippen molar-refractivity contribution in [1.82, 2.24) is 24.7 Å². The smallest absolute Gasteiger partial charge is 0.156 e. The fourth-order valence-electron chi connectivity index (χ4n) is 2.12. The van der Waals surface area contributed by atoms with Crippen molar-refractivity contribution in [3.05, 3.63) is 28.7 Å². The number of hydrogen-bond donors (Lipinski definition) is 0. The zero-order valence-corrected chi connectivity index (χ0v) is 11.0. The van der Waals surface area contributed by atoms with Crippen LogP contribution in [0.3, 0.4) is 0 Å². The van der Waals surface area contributed by atoms with Crippen molar-refractivity contribution in [2.75, 3.05) is 11.4 Å². The summed E-state index contributed by atoms with van der Waals surface area (Å²) in [5.41, 5.74) is 0.320. The van der Waals surface area contributed by atoms with Gasteiger partial charge in [0.05, 0.1) is 12.1 Å². The summed E-state index contributed by atoms with van der Waals surface area (Å²) >= 11 is 5.99. The Labute approximate surface area is 114 Å². The van der Waals surface area contributed by atoms with Crippen LogP contribution in [-0.2, 0) is 13.1 Å². The second kappa shape index (κ2) is 4.58. The van der Waals surface area contributed by atoms with Gasteiger partial charge in [-0.15, -0.1) is 10.2 Å². The Hall–Kier alpha value is -2.02. The van der Waals surface area contributed by atoms with Crippen molar-refractivity contribution in [3.63, 3.8) is 0 Å². The first kappa shape index (κ1) is 12.0. The normalized spacial score (nSPS) is 14.3. The largest absolute Gasteiger partial charge is 0.347 e. The molecule has 0 aromatic carbocycles. The van der Waals surface area contributed by atoms with Crippen molar-refractivity contribution in [3.8, 4) is 0 Å². The van der Waals surface area contributed by atoms with E-state index in [2.05, 4.69) is 20.2 Å². The Kier molecular flexibility index (Phi) is 2.90. The lowest BCUT2D eigenvalue weighted by atomic mass is 10.2. The van der Waals surface area contributed by atoms with Gasteiger partial charge in [-0.1, -0.05) is 11.6 Å². The van der Waals surface area contributed by atoms with Gasteiger partial charge >= 0.3 is 0 Å². The zero-order chi connectivity index (χ0) is 13.4. The molecular formula is C11H11ClN6O. The molecule has 0 spiro atoms. The molecule has 0 saturated carbocycles. The molecule has 1 aliphatic heterocycles. The minimum Gasteiger partial charge on any atom is -0.347 e. The molecule has 2 aromatic rings. The maximum atomic E-state index is 11.2. The lowest BCUT2D eigenvalue weighted by Crippen LogP contribution is -2.35. The number of aryl methyl sites for hydroxylation is 1. The van der Waals surface area contributed by atoms with Crippen LogP contribution >= 0.6 is 11.6 Å². The standard InChI is InChI=1S/C11H11ClN6O/c1-7-14-10(12)8(5-19)11(15-7)17-2-3-18-6-13-16-9(18)4-17/h5-6H,2-4H2,1H3. The van der Waals surface area contributed by atoms with E-state index in [1.807, 2.05) is 9.47 Å². The van der Waals surface area contributed by atoms with E-state index < -0.39 is 0 Å². The van der Waals surface area contributed by atoms with Gasteiger partial charge in [-0.05, 0) is 6.92 Å². The Bertz CT molecular complexity index is 640. The third-order valence-corrected chi connectivity index (χ3v) is 3.34. The molecule has 0 atom stereocenters. The molecule has 19 heavy (non-hydrogen) atoms. The van der Waals surface area contributed by atoms with Crippen molar-refractivity contribution in [2.24, 2.45) is 0 Å². The number of hydrogen-bond acceptors (Lipinski definition) is 6. The van der Waals surface area contributed by atoms with Crippen LogP contribution in [0.1, 0.15) is 22.0 Å². The molecule has 0 fully saturated rings. The molecule has 0 N–H and O–H groups in total. The van der Waals surface area contributed by atoms with Gasteiger partial charge in [0.2, 0.25) is 0 Å². The molecule has 8 heteroatoms. The summed E-state index contributed by atoms with van der Waals surface area (Å²) in [6.07, 6.45) is 2.39. The first-order chi connectivity index (χ1) is 9.19. The molecule has 7 nitrogen and oxygen atoms in total. The fourth-order valence-corrected chi connectivity index (χ4v) is 2.37. The predicted octanol–water partition coefficient (Wildman–Crippen LogP) is 0.863. The number of fused-ring (bicyclic) bond motifs is 1. The van der Waals surface area contributed by atoms with Crippen LogP contribution in [0.15, 0.2) is 6.33 Å². The molecule has 0 unspecified atom stereocenters. The minimum atomic E-state index is 0.185. The highest BCUT2D eigenvalue weighted by Gasteiger charge is 2.23. The van der Waals surface area contributed by atoms with Crippen LogP contribution in [0.25, 0.3) is 0 Å². The van der Waals surface area contributed by atoms with Crippen molar-refractivity contribution >= 4 is 23.7 Å². The molecule has 2 aromatic heterocycles. The highest BCUT2D eigenvalue weighted by molar-refractivity contribution is 6.32. The molecular weight excluding hydrogens is 268 g/mol. The third-order valence-electron chi connectivity index (χ3n) is 3.05. The highest BCUT2D eigenvalue weighted by atomic mass is 35.5. The Balaban J connectivity index is 2.02. The monoisotopic (exact) mass is 278 g/mol. The summed E-state index contributed by atoms with van der Waals surface area (Å²) in [4.78, 5) is 21.5. The Morgan fingerprint density at radius 3 is 3.00 bits per heavy atom. The number of carbonyl (C=O) groups excluding carboxylic acids is 1. The van der Waals surface area contributed by atoms with Gasteiger partial charge in [-0.2, -0.15) is 0 Å². The molecule has 0 amide bonds. The fraction of sp³-hybridized carbons (Fsp3) is 0.364. The van der Waals surface area contributed by atoms with Gasteiger partial charge < -0.3 is 9.47 Å². The summed E-state index contributed by atoms with van der Waals surface area (Å²) in [5, 5.41) is 8.09. The predicted molar refractivity (Wildman–Crippen MR) is 68.2 cm³/mol. The van der Waals surface area contributed by atoms with Gasteiger partial charge in [0, 0.05) is 13.1 Å². The van der Waals surface area contributed by atoms with E-state index in [0.717, 1.165) is 18.9 Å². The van der Waals surface area contributed by atoms with Crippen molar-refractivity contribution < 1.29 is 4.79 Å². The third kappa shape index (κ3) is 2.06. The second-order valence-electron chi connectivity index (χ2n) is 4.28. The SMILES string of the molecule is Cc1nc(Cl)c(C=O)c(N2CCn3cnnc3C2)n1. The molecule has 3 rings (SSSR count). The summed E-state index contributed by atoms with van der Waals surface area (Å²) in [6.45, 7) is 3.77. The van der Waals surface area contributed by atoms with Crippen LogP contribution in [-0.4, -0.2) is 37.6 Å². The second-order valence-corrected chi connectivity index (χ2v) is 4.64. The number of aromatic nitrogens is 5. The molecule has 98 valence electrons. The maximum absolute atomic E-state index is 11.2. The first-order valence-electron chi connectivity index (χ1n) is 5.80. The van der Waals surface area contributed by atoms with E-state index >= 15 is 0 Å². The van der Waals surface area contributed by atoms with Gasteiger partial charge in [0.25, 0.3) is 0 Å². The molecule has 1 aliphatic rings. The number of anilines is 1. The number of nitrogens with zero attached hydrogens (tertiary/aromatic N) is 6. The van der Waals surface area contributed by atoms with E-state index in [4.69, 9.17) is 11.6 Å². The van der Waals surface area contributed by atoms with E-state index in [1.165, 1.54) is 0 Å². The summed E-state index contributed by atoms with van der Waals surface area (Å²) < 4.78 is 1.98. The number of halogens is 1. The topological polar surface area (TPSA) is 76.8 Å². The number of carbonyl (C=O) groups is 1. The van der Waals surface area contributed by atoms with Crippen LogP contribution in [0, 0.1) is 6.92 Å². The molecule has 3 heterocycles.